The van der Waals surface area contributed by atoms with E-state index < -0.39 is 11.9 Å². The summed E-state index contributed by atoms with van der Waals surface area (Å²) in [5.41, 5.74) is 2.81. The zero-order chi connectivity index (χ0) is 16.3. The summed E-state index contributed by atoms with van der Waals surface area (Å²) in [4.78, 5) is 37.8. The van der Waals surface area contributed by atoms with E-state index in [1.54, 1.807) is 11.0 Å². The first-order valence-electron chi connectivity index (χ1n) is 7.41. The average molecular weight is 303 g/mol. The van der Waals surface area contributed by atoms with E-state index in [-0.39, 0.29) is 18.1 Å². The Morgan fingerprint density at radius 2 is 1.91 bits per heavy atom. The highest BCUT2D eigenvalue weighted by Crippen LogP contribution is 2.19. The van der Waals surface area contributed by atoms with Crippen molar-refractivity contribution in [3.63, 3.8) is 0 Å². The standard InChI is InChI=1S/C17H21NO4/c1-11-4-5-13(10-12(11)2)16(20)18-8-6-14(17(21)22-3)15(19)7-9-18/h4-5,10,14H,6-9H2,1-3H3. The van der Waals surface area contributed by atoms with E-state index in [0.29, 0.717) is 25.1 Å². The number of hydrogen-bond donors (Lipinski definition) is 0. The number of rotatable bonds is 2. The molecule has 0 bridgehead atoms. The number of ether oxygens (including phenoxy) is 1. The summed E-state index contributed by atoms with van der Waals surface area (Å²) in [5, 5.41) is 0. The van der Waals surface area contributed by atoms with Crippen LogP contribution in [-0.4, -0.2) is 42.8 Å². The Hall–Kier alpha value is -2.17. The fourth-order valence-corrected chi connectivity index (χ4v) is 2.63. The molecule has 0 N–H and O–H groups in total. The quantitative estimate of drug-likeness (QED) is 0.618. The first-order valence-corrected chi connectivity index (χ1v) is 7.41. The molecule has 1 aromatic carbocycles. The summed E-state index contributed by atoms with van der Waals surface area (Å²) < 4.78 is 4.66. The summed E-state index contributed by atoms with van der Waals surface area (Å²) in [6.45, 7) is 4.69. The Labute approximate surface area is 130 Å². The van der Waals surface area contributed by atoms with Crippen molar-refractivity contribution in [1.82, 2.24) is 4.90 Å². The van der Waals surface area contributed by atoms with Crippen LogP contribution in [0.15, 0.2) is 18.2 Å². The Morgan fingerprint density at radius 1 is 1.18 bits per heavy atom. The number of ketones is 1. The van der Waals surface area contributed by atoms with Gasteiger partial charge in [-0.3, -0.25) is 14.4 Å². The third-order valence-electron chi connectivity index (χ3n) is 4.23. The van der Waals surface area contributed by atoms with Gasteiger partial charge in [0, 0.05) is 25.1 Å². The minimum atomic E-state index is -0.748. The van der Waals surface area contributed by atoms with Crippen LogP contribution in [0, 0.1) is 19.8 Å². The lowest BCUT2D eigenvalue weighted by molar-refractivity contribution is -0.149. The smallest absolute Gasteiger partial charge is 0.316 e. The van der Waals surface area contributed by atoms with Crippen molar-refractivity contribution in [2.45, 2.75) is 26.7 Å². The fourth-order valence-electron chi connectivity index (χ4n) is 2.63. The molecule has 22 heavy (non-hydrogen) atoms. The summed E-state index contributed by atoms with van der Waals surface area (Å²) in [6.07, 6.45) is 0.512. The van der Waals surface area contributed by atoms with E-state index >= 15 is 0 Å². The van der Waals surface area contributed by atoms with Crippen LogP contribution in [0.5, 0.6) is 0 Å². The molecule has 118 valence electrons. The van der Waals surface area contributed by atoms with Crippen LogP contribution >= 0.6 is 0 Å². The number of carbonyl (C=O) groups excluding carboxylic acids is 3. The molecular formula is C17H21NO4. The Bertz CT molecular complexity index is 609. The van der Waals surface area contributed by atoms with Crippen LogP contribution in [-0.2, 0) is 14.3 Å². The number of Topliss-reactive ketones (excluding diaryl/α,β-unsaturated/α-hetero) is 1. The van der Waals surface area contributed by atoms with Crippen LogP contribution in [0.2, 0.25) is 0 Å². The summed E-state index contributed by atoms with van der Waals surface area (Å²) in [7, 11) is 1.28. The molecule has 2 rings (SSSR count). The molecule has 5 heteroatoms. The van der Waals surface area contributed by atoms with Crippen LogP contribution in [0.1, 0.15) is 34.3 Å². The van der Waals surface area contributed by atoms with Crippen molar-refractivity contribution in [2.75, 3.05) is 20.2 Å². The van der Waals surface area contributed by atoms with Gasteiger partial charge in [-0.1, -0.05) is 6.07 Å². The van der Waals surface area contributed by atoms with E-state index in [1.807, 2.05) is 26.0 Å². The van der Waals surface area contributed by atoms with Crippen molar-refractivity contribution in [1.29, 1.82) is 0 Å². The predicted molar refractivity (Wildman–Crippen MR) is 81.6 cm³/mol. The van der Waals surface area contributed by atoms with Crippen molar-refractivity contribution < 1.29 is 19.1 Å². The number of hydrogen-bond acceptors (Lipinski definition) is 4. The third-order valence-corrected chi connectivity index (χ3v) is 4.23. The summed E-state index contributed by atoms with van der Waals surface area (Å²) in [6, 6.07) is 5.58. The van der Waals surface area contributed by atoms with E-state index in [9.17, 15) is 14.4 Å². The van der Waals surface area contributed by atoms with Gasteiger partial charge in [-0.2, -0.15) is 0 Å². The van der Waals surface area contributed by atoms with Gasteiger partial charge in [0.25, 0.3) is 5.91 Å². The van der Waals surface area contributed by atoms with Gasteiger partial charge in [0.15, 0.2) is 0 Å². The molecule has 1 atom stereocenters. The van der Waals surface area contributed by atoms with E-state index in [2.05, 4.69) is 4.74 Å². The number of esters is 1. The molecule has 1 fully saturated rings. The van der Waals surface area contributed by atoms with Gasteiger partial charge < -0.3 is 9.64 Å². The lowest BCUT2D eigenvalue weighted by Gasteiger charge is -2.20. The van der Waals surface area contributed by atoms with Crippen molar-refractivity contribution in [3.05, 3.63) is 34.9 Å². The van der Waals surface area contributed by atoms with Gasteiger partial charge in [-0.15, -0.1) is 0 Å². The molecular weight excluding hydrogens is 282 g/mol. The number of likely N-dealkylation sites (tertiary alicyclic amines) is 1. The monoisotopic (exact) mass is 303 g/mol. The van der Waals surface area contributed by atoms with Crippen LogP contribution < -0.4 is 0 Å². The van der Waals surface area contributed by atoms with Crippen LogP contribution in [0.4, 0.5) is 0 Å². The maximum atomic E-state index is 12.6. The molecule has 0 spiro atoms. The normalized spacial score (nSPS) is 18.8. The third kappa shape index (κ3) is 3.35. The number of amides is 1. The molecule has 1 aliphatic rings. The van der Waals surface area contributed by atoms with Crippen LogP contribution in [0.25, 0.3) is 0 Å². The van der Waals surface area contributed by atoms with Crippen molar-refractivity contribution in [2.24, 2.45) is 5.92 Å². The molecule has 5 nitrogen and oxygen atoms in total. The molecule has 1 amide bonds. The topological polar surface area (TPSA) is 63.7 Å². The second-order valence-electron chi connectivity index (χ2n) is 5.67. The highest BCUT2D eigenvalue weighted by molar-refractivity contribution is 6.00. The molecule has 0 aliphatic carbocycles. The Morgan fingerprint density at radius 3 is 2.55 bits per heavy atom. The summed E-state index contributed by atoms with van der Waals surface area (Å²) >= 11 is 0. The first-order chi connectivity index (χ1) is 10.4. The molecule has 1 aromatic rings. The second-order valence-corrected chi connectivity index (χ2v) is 5.67. The minimum Gasteiger partial charge on any atom is -0.468 e. The molecule has 1 unspecified atom stereocenters. The maximum Gasteiger partial charge on any atom is 0.316 e. The van der Waals surface area contributed by atoms with Crippen LogP contribution in [0.3, 0.4) is 0 Å². The Kier molecular flexibility index (Phi) is 4.96. The zero-order valence-electron chi connectivity index (χ0n) is 13.2. The first kappa shape index (κ1) is 16.2. The number of benzene rings is 1. The number of aryl methyl sites for hydroxylation is 2. The lowest BCUT2D eigenvalue weighted by Crippen LogP contribution is -2.32. The van der Waals surface area contributed by atoms with Crippen molar-refractivity contribution >= 4 is 17.7 Å². The molecule has 0 aromatic heterocycles. The van der Waals surface area contributed by atoms with E-state index in [1.165, 1.54) is 7.11 Å². The fraction of sp³-hybridized carbons (Fsp3) is 0.471. The highest BCUT2D eigenvalue weighted by atomic mass is 16.5. The number of methoxy groups -OCH3 is 1. The minimum absolute atomic E-state index is 0.0959. The molecule has 0 radical (unpaired) electrons. The second kappa shape index (κ2) is 6.73. The number of nitrogens with zero attached hydrogens (tertiary/aromatic N) is 1. The van der Waals surface area contributed by atoms with Gasteiger partial charge in [-0.25, -0.2) is 0 Å². The van der Waals surface area contributed by atoms with Gasteiger partial charge in [0.1, 0.15) is 11.7 Å². The molecule has 1 aliphatic heterocycles. The van der Waals surface area contributed by atoms with E-state index in [4.69, 9.17) is 0 Å². The average Bonchev–Trinajstić information content (AvgIpc) is 2.70. The molecule has 1 heterocycles. The van der Waals surface area contributed by atoms with Gasteiger partial charge in [0.2, 0.25) is 0 Å². The lowest BCUT2D eigenvalue weighted by atomic mass is 10.00. The van der Waals surface area contributed by atoms with Gasteiger partial charge >= 0.3 is 5.97 Å². The molecule has 0 saturated carbocycles. The SMILES string of the molecule is COC(=O)C1CCN(C(=O)c2ccc(C)c(C)c2)CCC1=O. The predicted octanol–water partition coefficient (Wildman–Crippen LogP) is 1.90. The largest absolute Gasteiger partial charge is 0.468 e. The summed E-state index contributed by atoms with van der Waals surface area (Å²) in [5.74, 6) is -1.50. The van der Waals surface area contributed by atoms with Crippen molar-refractivity contribution in [3.8, 4) is 0 Å². The Balaban J connectivity index is 2.13. The van der Waals surface area contributed by atoms with Gasteiger partial charge in [-0.05, 0) is 43.5 Å². The number of carbonyl (C=O) groups is 3. The van der Waals surface area contributed by atoms with E-state index in [0.717, 1.165) is 11.1 Å². The molecule has 1 saturated heterocycles. The highest BCUT2D eigenvalue weighted by Gasteiger charge is 2.32. The zero-order valence-corrected chi connectivity index (χ0v) is 13.2. The van der Waals surface area contributed by atoms with Gasteiger partial charge in [0.05, 0.1) is 7.11 Å². The maximum absolute atomic E-state index is 12.6.